The first kappa shape index (κ1) is 14.1. The summed E-state index contributed by atoms with van der Waals surface area (Å²) in [6.45, 7) is 0.305. The van der Waals surface area contributed by atoms with E-state index in [4.69, 9.17) is 0 Å². The zero-order valence-electron chi connectivity index (χ0n) is 12.1. The molecule has 2 heterocycles. The highest BCUT2D eigenvalue weighted by atomic mass is 16.3. The number of aromatic nitrogens is 2. The van der Waals surface area contributed by atoms with Crippen molar-refractivity contribution in [3.05, 3.63) is 36.3 Å². The van der Waals surface area contributed by atoms with Crippen molar-refractivity contribution < 1.29 is 9.90 Å². The Hall–Kier alpha value is -1.88. The SMILES string of the molecule is O=C(NCC1(O)CCCCCC1)c1cn2ccccc2n1. The third-order valence-corrected chi connectivity index (χ3v) is 4.21. The van der Waals surface area contributed by atoms with Crippen LogP contribution in [0.4, 0.5) is 0 Å². The lowest BCUT2D eigenvalue weighted by atomic mass is 9.94. The number of nitrogens with one attached hydrogen (secondary N) is 1. The van der Waals surface area contributed by atoms with Crippen LogP contribution in [0, 0.1) is 0 Å². The smallest absolute Gasteiger partial charge is 0.271 e. The summed E-state index contributed by atoms with van der Waals surface area (Å²) in [4.78, 5) is 16.5. The lowest BCUT2D eigenvalue weighted by Gasteiger charge is -2.26. The maximum atomic E-state index is 12.2. The molecule has 0 bridgehead atoms. The van der Waals surface area contributed by atoms with Crippen molar-refractivity contribution in [1.29, 1.82) is 0 Å². The fourth-order valence-corrected chi connectivity index (χ4v) is 2.94. The zero-order valence-corrected chi connectivity index (χ0v) is 12.1. The van der Waals surface area contributed by atoms with E-state index in [1.54, 1.807) is 6.20 Å². The summed E-state index contributed by atoms with van der Waals surface area (Å²) in [7, 11) is 0. The number of carbonyl (C=O) groups excluding carboxylic acids is 1. The van der Waals surface area contributed by atoms with Gasteiger partial charge in [0, 0.05) is 18.9 Å². The van der Waals surface area contributed by atoms with E-state index in [2.05, 4.69) is 10.3 Å². The number of hydrogen-bond donors (Lipinski definition) is 2. The Morgan fingerprint density at radius 1 is 1.29 bits per heavy atom. The van der Waals surface area contributed by atoms with E-state index >= 15 is 0 Å². The summed E-state index contributed by atoms with van der Waals surface area (Å²) in [6.07, 6.45) is 9.49. The van der Waals surface area contributed by atoms with Crippen molar-refractivity contribution in [3.8, 4) is 0 Å². The van der Waals surface area contributed by atoms with Gasteiger partial charge in [-0.1, -0.05) is 31.7 Å². The largest absolute Gasteiger partial charge is 0.388 e. The molecule has 0 aromatic carbocycles. The molecule has 2 aromatic rings. The van der Waals surface area contributed by atoms with E-state index in [9.17, 15) is 9.90 Å². The summed E-state index contributed by atoms with van der Waals surface area (Å²) in [6, 6.07) is 5.64. The van der Waals surface area contributed by atoms with Crippen LogP contribution in [-0.2, 0) is 0 Å². The Balaban J connectivity index is 1.65. The molecule has 0 atom stereocenters. The summed E-state index contributed by atoms with van der Waals surface area (Å²) in [5, 5.41) is 13.4. The standard InChI is InChI=1S/C16H21N3O2/c20-15(13-11-19-10-6-3-7-14(19)18-13)17-12-16(21)8-4-1-2-5-9-16/h3,6-7,10-11,21H,1-2,4-5,8-9,12H2,(H,17,20). The van der Waals surface area contributed by atoms with Crippen LogP contribution in [0.25, 0.3) is 5.65 Å². The number of hydrogen-bond acceptors (Lipinski definition) is 3. The molecular formula is C16H21N3O2. The Morgan fingerprint density at radius 2 is 2.05 bits per heavy atom. The normalized spacial score (nSPS) is 18.3. The Labute approximate surface area is 124 Å². The summed E-state index contributed by atoms with van der Waals surface area (Å²) in [5.41, 5.74) is 0.375. The molecule has 0 radical (unpaired) electrons. The fraction of sp³-hybridized carbons (Fsp3) is 0.500. The van der Waals surface area contributed by atoms with Crippen molar-refractivity contribution in [2.45, 2.75) is 44.1 Å². The molecule has 1 aliphatic rings. The van der Waals surface area contributed by atoms with E-state index in [0.29, 0.717) is 12.2 Å². The van der Waals surface area contributed by atoms with Gasteiger partial charge in [0.2, 0.25) is 0 Å². The molecule has 2 N–H and O–H groups in total. The number of carbonyl (C=O) groups is 1. The van der Waals surface area contributed by atoms with Crippen LogP contribution in [0.3, 0.4) is 0 Å². The van der Waals surface area contributed by atoms with Crippen LogP contribution in [0.2, 0.25) is 0 Å². The molecule has 5 nitrogen and oxygen atoms in total. The average Bonchev–Trinajstić information content (AvgIpc) is 2.81. The molecule has 2 aromatic heterocycles. The lowest BCUT2D eigenvalue weighted by Crippen LogP contribution is -2.42. The first-order valence-electron chi connectivity index (χ1n) is 7.61. The van der Waals surface area contributed by atoms with Crippen molar-refractivity contribution in [2.75, 3.05) is 6.54 Å². The molecule has 5 heteroatoms. The third-order valence-electron chi connectivity index (χ3n) is 4.21. The molecule has 1 amide bonds. The van der Waals surface area contributed by atoms with E-state index in [1.165, 1.54) is 12.8 Å². The minimum Gasteiger partial charge on any atom is -0.388 e. The molecule has 3 rings (SSSR count). The third kappa shape index (κ3) is 3.24. The van der Waals surface area contributed by atoms with Gasteiger partial charge >= 0.3 is 0 Å². The van der Waals surface area contributed by atoms with Gasteiger partial charge in [-0.15, -0.1) is 0 Å². The highest BCUT2D eigenvalue weighted by Gasteiger charge is 2.28. The Bertz CT molecular complexity index is 594. The van der Waals surface area contributed by atoms with Crippen LogP contribution in [0.1, 0.15) is 49.0 Å². The molecule has 0 spiro atoms. The maximum Gasteiger partial charge on any atom is 0.271 e. The quantitative estimate of drug-likeness (QED) is 0.850. The van der Waals surface area contributed by atoms with Gasteiger partial charge in [-0.05, 0) is 25.0 Å². The number of aliphatic hydroxyl groups is 1. The van der Waals surface area contributed by atoms with Gasteiger partial charge in [-0.25, -0.2) is 4.98 Å². The predicted molar refractivity (Wildman–Crippen MR) is 80.2 cm³/mol. The average molecular weight is 287 g/mol. The number of amides is 1. The van der Waals surface area contributed by atoms with E-state index in [0.717, 1.165) is 31.3 Å². The van der Waals surface area contributed by atoms with Gasteiger partial charge in [0.05, 0.1) is 5.60 Å². The van der Waals surface area contributed by atoms with Gasteiger partial charge in [-0.2, -0.15) is 0 Å². The molecule has 0 unspecified atom stereocenters. The van der Waals surface area contributed by atoms with Gasteiger partial charge in [0.15, 0.2) is 0 Å². The number of pyridine rings is 1. The van der Waals surface area contributed by atoms with Gasteiger partial charge < -0.3 is 14.8 Å². The molecule has 112 valence electrons. The topological polar surface area (TPSA) is 66.6 Å². The molecule has 1 saturated carbocycles. The Kier molecular flexibility index (Phi) is 3.92. The molecule has 21 heavy (non-hydrogen) atoms. The van der Waals surface area contributed by atoms with Crippen LogP contribution < -0.4 is 5.32 Å². The molecular weight excluding hydrogens is 266 g/mol. The van der Waals surface area contributed by atoms with Gasteiger partial charge in [0.25, 0.3) is 5.91 Å². The van der Waals surface area contributed by atoms with Gasteiger partial charge in [0.1, 0.15) is 11.3 Å². The molecule has 1 fully saturated rings. The minimum atomic E-state index is -0.759. The van der Waals surface area contributed by atoms with Crippen molar-refractivity contribution in [1.82, 2.24) is 14.7 Å². The van der Waals surface area contributed by atoms with Crippen molar-refractivity contribution in [3.63, 3.8) is 0 Å². The molecule has 0 aliphatic heterocycles. The summed E-state index contributed by atoms with van der Waals surface area (Å²) >= 11 is 0. The van der Waals surface area contributed by atoms with Crippen LogP contribution in [-0.4, -0.2) is 32.5 Å². The number of nitrogens with zero attached hydrogens (tertiary/aromatic N) is 2. The Morgan fingerprint density at radius 3 is 2.76 bits per heavy atom. The first-order chi connectivity index (χ1) is 10.2. The predicted octanol–water partition coefficient (Wildman–Crippen LogP) is 2.15. The summed E-state index contributed by atoms with van der Waals surface area (Å²) < 4.78 is 1.81. The van der Waals surface area contributed by atoms with E-state index in [-0.39, 0.29) is 5.91 Å². The van der Waals surface area contributed by atoms with E-state index < -0.39 is 5.60 Å². The van der Waals surface area contributed by atoms with Crippen molar-refractivity contribution >= 4 is 11.6 Å². The second kappa shape index (κ2) is 5.85. The second-order valence-electron chi connectivity index (χ2n) is 5.91. The zero-order chi connectivity index (χ0) is 14.7. The fourth-order valence-electron chi connectivity index (χ4n) is 2.94. The van der Waals surface area contributed by atoms with Crippen molar-refractivity contribution in [2.24, 2.45) is 0 Å². The van der Waals surface area contributed by atoms with Crippen LogP contribution in [0.5, 0.6) is 0 Å². The minimum absolute atomic E-state index is 0.226. The number of fused-ring (bicyclic) bond motifs is 1. The summed E-state index contributed by atoms with van der Waals surface area (Å²) in [5.74, 6) is -0.226. The number of rotatable bonds is 3. The highest BCUT2D eigenvalue weighted by Crippen LogP contribution is 2.26. The van der Waals surface area contributed by atoms with Crippen LogP contribution >= 0.6 is 0 Å². The van der Waals surface area contributed by atoms with Gasteiger partial charge in [-0.3, -0.25) is 4.79 Å². The van der Waals surface area contributed by atoms with E-state index in [1.807, 2.05) is 28.8 Å². The maximum absolute atomic E-state index is 12.2. The molecule has 1 aliphatic carbocycles. The van der Waals surface area contributed by atoms with Crippen LogP contribution in [0.15, 0.2) is 30.6 Å². The first-order valence-corrected chi connectivity index (χ1v) is 7.61. The monoisotopic (exact) mass is 287 g/mol. The second-order valence-corrected chi connectivity index (χ2v) is 5.91. The number of imidazole rings is 1. The highest BCUT2D eigenvalue weighted by molar-refractivity contribution is 5.92. The lowest BCUT2D eigenvalue weighted by molar-refractivity contribution is 0.0246. The molecule has 0 saturated heterocycles.